The van der Waals surface area contributed by atoms with Crippen molar-refractivity contribution < 1.29 is 22.5 Å². The fourth-order valence-electron chi connectivity index (χ4n) is 1.33. The van der Waals surface area contributed by atoms with Crippen LogP contribution in [0.5, 0.6) is 0 Å². The van der Waals surface area contributed by atoms with E-state index in [2.05, 4.69) is 10.1 Å². The third-order valence-electron chi connectivity index (χ3n) is 2.21. The molecule has 0 radical (unpaired) electrons. The molecule has 0 aromatic heterocycles. The van der Waals surface area contributed by atoms with E-state index in [0.717, 1.165) is 5.69 Å². The van der Waals surface area contributed by atoms with E-state index in [1.807, 2.05) is 0 Å². The molecule has 6 nitrogen and oxygen atoms in total. The highest BCUT2D eigenvalue weighted by Gasteiger charge is 2.05. The monoisotopic (exact) mass is 273 g/mol. The van der Waals surface area contributed by atoms with Crippen LogP contribution in [-0.4, -0.2) is 38.3 Å². The summed E-state index contributed by atoms with van der Waals surface area (Å²) in [4.78, 5) is 11.2. The number of carbonyl (C=O) groups excluding carboxylic acids is 1. The average Bonchev–Trinajstić information content (AvgIpc) is 2.33. The molecule has 0 saturated heterocycles. The summed E-state index contributed by atoms with van der Waals surface area (Å²) in [5.41, 5.74) is 1.21. The average molecular weight is 273 g/mol. The molecule has 0 spiro atoms. The van der Waals surface area contributed by atoms with E-state index < -0.39 is 16.1 Å². The summed E-state index contributed by atoms with van der Waals surface area (Å²) in [6, 6.07) is 6.60. The second-order valence-corrected chi connectivity index (χ2v) is 5.21. The molecule has 0 unspecified atom stereocenters. The van der Waals surface area contributed by atoms with Crippen molar-refractivity contribution in [3.8, 4) is 0 Å². The Balaban J connectivity index is 2.42. The standard InChI is InChI=1S/C11H15NO5S/c1-17-11(13)9-3-5-10(6-4-9)12-7-2-8-18(14,15)16/h3-6,12H,2,7-8H2,1H3,(H,14,15,16). The van der Waals surface area contributed by atoms with E-state index in [9.17, 15) is 13.2 Å². The van der Waals surface area contributed by atoms with E-state index in [0.29, 0.717) is 18.5 Å². The van der Waals surface area contributed by atoms with Gasteiger partial charge >= 0.3 is 5.97 Å². The van der Waals surface area contributed by atoms with Gasteiger partial charge in [-0.25, -0.2) is 4.79 Å². The third kappa shape index (κ3) is 5.15. The minimum atomic E-state index is -3.90. The van der Waals surface area contributed by atoms with Gasteiger partial charge in [0, 0.05) is 12.2 Å². The van der Waals surface area contributed by atoms with Gasteiger partial charge in [0.25, 0.3) is 10.1 Å². The molecule has 7 heteroatoms. The summed E-state index contributed by atoms with van der Waals surface area (Å²) < 4.78 is 34.0. The van der Waals surface area contributed by atoms with Crippen molar-refractivity contribution in [1.82, 2.24) is 0 Å². The summed E-state index contributed by atoms with van der Waals surface area (Å²) in [5.74, 6) is -0.687. The molecule has 1 aromatic rings. The van der Waals surface area contributed by atoms with Gasteiger partial charge in [0.05, 0.1) is 18.4 Å². The fraction of sp³-hybridized carbons (Fsp3) is 0.364. The van der Waals surface area contributed by atoms with Crippen LogP contribution in [0.15, 0.2) is 24.3 Å². The Morgan fingerprint density at radius 1 is 1.33 bits per heavy atom. The molecule has 2 N–H and O–H groups in total. The van der Waals surface area contributed by atoms with Crippen molar-refractivity contribution in [2.75, 3.05) is 24.7 Å². The van der Waals surface area contributed by atoms with Gasteiger partial charge in [0.2, 0.25) is 0 Å². The highest BCUT2D eigenvalue weighted by Crippen LogP contribution is 2.10. The Morgan fingerprint density at radius 3 is 2.44 bits per heavy atom. The summed E-state index contributed by atoms with van der Waals surface area (Å²) in [6.07, 6.45) is 0.303. The maximum Gasteiger partial charge on any atom is 0.337 e. The molecule has 100 valence electrons. The van der Waals surface area contributed by atoms with Crippen molar-refractivity contribution in [1.29, 1.82) is 0 Å². The molecule has 0 fully saturated rings. The first-order chi connectivity index (χ1) is 8.42. The van der Waals surface area contributed by atoms with Gasteiger partial charge < -0.3 is 10.1 Å². The number of methoxy groups -OCH3 is 1. The Labute approximate surface area is 106 Å². The van der Waals surface area contributed by atoms with Crippen LogP contribution in [0, 0.1) is 0 Å². The maximum absolute atomic E-state index is 11.2. The molecular weight excluding hydrogens is 258 g/mol. The van der Waals surface area contributed by atoms with Crippen LogP contribution in [0.1, 0.15) is 16.8 Å². The molecule has 0 aliphatic rings. The van der Waals surface area contributed by atoms with Crippen LogP contribution in [0.2, 0.25) is 0 Å². The van der Waals surface area contributed by atoms with Gasteiger partial charge in [0.1, 0.15) is 0 Å². The minimum Gasteiger partial charge on any atom is -0.465 e. The highest BCUT2D eigenvalue weighted by atomic mass is 32.2. The second-order valence-electron chi connectivity index (χ2n) is 3.64. The maximum atomic E-state index is 11.2. The van der Waals surface area contributed by atoms with Crippen LogP contribution in [0.4, 0.5) is 5.69 Å². The number of benzene rings is 1. The number of hydrogen-bond donors (Lipinski definition) is 2. The molecule has 0 amide bonds. The summed E-state index contributed by atoms with van der Waals surface area (Å²) in [6.45, 7) is 0.414. The van der Waals surface area contributed by atoms with E-state index >= 15 is 0 Å². The number of rotatable bonds is 6. The van der Waals surface area contributed by atoms with Gasteiger partial charge in [0.15, 0.2) is 0 Å². The lowest BCUT2D eigenvalue weighted by Crippen LogP contribution is -2.10. The van der Waals surface area contributed by atoms with E-state index in [1.54, 1.807) is 24.3 Å². The Kier molecular flexibility index (Phi) is 5.11. The highest BCUT2D eigenvalue weighted by molar-refractivity contribution is 7.85. The first-order valence-corrected chi connectivity index (χ1v) is 6.91. The molecule has 0 bridgehead atoms. The van der Waals surface area contributed by atoms with Crippen molar-refractivity contribution in [2.45, 2.75) is 6.42 Å². The first-order valence-electron chi connectivity index (χ1n) is 5.30. The zero-order chi connectivity index (χ0) is 13.6. The summed E-state index contributed by atoms with van der Waals surface area (Å²) >= 11 is 0. The Morgan fingerprint density at radius 2 is 1.94 bits per heavy atom. The molecule has 0 aliphatic heterocycles. The number of ether oxygens (including phenoxy) is 1. The van der Waals surface area contributed by atoms with Crippen molar-refractivity contribution in [3.05, 3.63) is 29.8 Å². The smallest absolute Gasteiger partial charge is 0.337 e. The molecule has 0 saturated carbocycles. The lowest BCUT2D eigenvalue weighted by molar-refractivity contribution is 0.0600. The molecule has 0 atom stereocenters. The summed E-state index contributed by atoms with van der Waals surface area (Å²) in [7, 11) is -2.59. The fourth-order valence-corrected chi connectivity index (χ4v) is 1.84. The SMILES string of the molecule is COC(=O)c1ccc(NCCCS(=O)(=O)O)cc1. The van der Waals surface area contributed by atoms with Crippen LogP contribution >= 0.6 is 0 Å². The zero-order valence-corrected chi connectivity index (χ0v) is 10.7. The molecule has 0 aliphatic carbocycles. The number of nitrogens with one attached hydrogen (secondary N) is 1. The van der Waals surface area contributed by atoms with E-state index in [4.69, 9.17) is 4.55 Å². The predicted octanol–water partition coefficient (Wildman–Crippen LogP) is 1.16. The van der Waals surface area contributed by atoms with Gasteiger partial charge in [-0.05, 0) is 30.7 Å². The van der Waals surface area contributed by atoms with Crippen molar-refractivity contribution in [2.24, 2.45) is 0 Å². The van der Waals surface area contributed by atoms with Gasteiger partial charge in [-0.15, -0.1) is 0 Å². The first kappa shape index (κ1) is 14.5. The summed E-state index contributed by atoms with van der Waals surface area (Å²) in [5, 5.41) is 2.97. The lowest BCUT2D eigenvalue weighted by Gasteiger charge is -2.06. The van der Waals surface area contributed by atoms with Crippen LogP contribution in [0.25, 0.3) is 0 Å². The Hall–Kier alpha value is -1.60. The zero-order valence-electron chi connectivity index (χ0n) is 9.92. The molecule has 0 heterocycles. The van der Waals surface area contributed by atoms with E-state index in [1.165, 1.54) is 7.11 Å². The largest absolute Gasteiger partial charge is 0.465 e. The number of anilines is 1. The lowest BCUT2D eigenvalue weighted by atomic mass is 10.2. The second kappa shape index (κ2) is 6.36. The number of carbonyl (C=O) groups is 1. The van der Waals surface area contributed by atoms with Gasteiger partial charge in [-0.1, -0.05) is 0 Å². The molecule has 1 aromatic carbocycles. The Bertz CT molecular complexity index is 495. The third-order valence-corrected chi connectivity index (χ3v) is 3.02. The quantitative estimate of drug-likeness (QED) is 0.459. The van der Waals surface area contributed by atoms with Crippen molar-refractivity contribution in [3.63, 3.8) is 0 Å². The van der Waals surface area contributed by atoms with Gasteiger partial charge in [-0.2, -0.15) is 8.42 Å². The molecule has 1 rings (SSSR count). The van der Waals surface area contributed by atoms with Crippen LogP contribution in [0.3, 0.4) is 0 Å². The van der Waals surface area contributed by atoms with Crippen molar-refractivity contribution >= 4 is 21.8 Å². The van der Waals surface area contributed by atoms with E-state index in [-0.39, 0.29) is 5.75 Å². The normalized spacial score (nSPS) is 11.0. The number of esters is 1. The van der Waals surface area contributed by atoms with Crippen LogP contribution < -0.4 is 5.32 Å². The molecular formula is C11H15NO5S. The van der Waals surface area contributed by atoms with Gasteiger partial charge in [-0.3, -0.25) is 4.55 Å². The number of hydrogen-bond acceptors (Lipinski definition) is 5. The van der Waals surface area contributed by atoms with Crippen LogP contribution in [-0.2, 0) is 14.9 Å². The molecule has 18 heavy (non-hydrogen) atoms. The minimum absolute atomic E-state index is 0.278. The topological polar surface area (TPSA) is 92.7 Å². The predicted molar refractivity (Wildman–Crippen MR) is 67.3 cm³/mol.